The Morgan fingerprint density at radius 3 is 2.76 bits per heavy atom. The number of nitrogens with one attached hydrogen (secondary N) is 1. The molecule has 0 unspecified atom stereocenters. The molecule has 0 spiro atoms. The second-order valence-corrected chi connectivity index (χ2v) is 5.34. The third-order valence-corrected chi connectivity index (χ3v) is 3.61. The van der Waals surface area contributed by atoms with Crippen molar-refractivity contribution < 1.29 is 4.79 Å². The average Bonchev–Trinajstić information content (AvgIpc) is 2.78. The predicted octanol–water partition coefficient (Wildman–Crippen LogP) is 3.44. The number of aromatic nitrogens is 1. The van der Waals surface area contributed by atoms with Crippen LogP contribution in [0, 0.1) is 0 Å². The van der Waals surface area contributed by atoms with E-state index in [1.54, 1.807) is 0 Å². The van der Waals surface area contributed by atoms with Gasteiger partial charge in [0.1, 0.15) is 0 Å². The van der Waals surface area contributed by atoms with E-state index in [9.17, 15) is 4.79 Å². The molecule has 1 heterocycles. The molecular formula is C11H9BrN2OS2. The molecule has 1 aromatic heterocycles. The van der Waals surface area contributed by atoms with Crippen LogP contribution in [-0.2, 0) is 4.79 Å². The lowest BCUT2D eigenvalue weighted by molar-refractivity contribution is -0.113. The minimum atomic E-state index is -0.148. The number of nitrogens with zero attached hydrogens (tertiary/aromatic N) is 1. The summed E-state index contributed by atoms with van der Waals surface area (Å²) in [5.74, 6) is 0.0118. The lowest BCUT2D eigenvalue weighted by Crippen LogP contribution is -2.12. The molecule has 0 aliphatic heterocycles. The third kappa shape index (κ3) is 3.31. The topological polar surface area (TPSA) is 42.0 Å². The summed E-state index contributed by atoms with van der Waals surface area (Å²) in [4.78, 5) is 15.5. The number of halogens is 1. The number of carbonyl (C=O) groups is 1. The number of carbonyl (C=O) groups excluding carboxylic acids is 1. The molecular weight excluding hydrogens is 320 g/mol. The quantitative estimate of drug-likeness (QED) is 0.847. The highest BCUT2D eigenvalue weighted by atomic mass is 79.9. The van der Waals surface area contributed by atoms with Crippen LogP contribution in [0.15, 0.2) is 34.1 Å². The minimum absolute atomic E-state index is 0.148. The molecule has 1 N–H and O–H groups in total. The van der Waals surface area contributed by atoms with Gasteiger partial charge in [0, 0.05) is 15.4 Å². The highest BCUT2D eigenvalue weighted by molar-refractivity contribution is 9.10. The largest absolute Gasteiger partial charge is 0.301 e. The highest BCUT2D eigenvalue weighted by Crippen LogP contribution is 2.25. The molecule has 0 saturated heterocycles. The second kappa shape index (κ2) is 5.66. The van der Waals surface area contributed by atoms with E-state index in [-0.39, 0.29) is 11.7 Å². The summed E-state index contributed by atoms with van der Waals surface area (Å²) >= 11 is 8.68. The van der Waals surface area contributed by atoms with Gasteiger partial charge in [0.25, 0.3) is 0 Å². The Morgan fingerprint density at radius 2 is 2.12 bits per heavy atom. The number of anilines is 1. The van der Waals surface area contributed by atoms with Crippen LogP contribution in [0.4, 0.5) is 5.13 Å². The first-order valence-electron chi connectivity index (χ1n) is 4.81. The van der Waals surface area contributed by atoms with Crippen LogP contribution in [-0.4, -0.2) is 16.6 Å². The summed E-state index contributed by atoms with van der Waals surface area (Å²) in [7, 11) is 0. The van der Waals surface area contributed by atoms with Crippen LogP contribution in [0.3, 0.4) is 0 Å². The Balaban J connectivity index is 2.18. The van der Waals surface area contributed by atoms with Gasteiger partial charge >= 0.3 is 0 Å². The number of benzene rings is 1. The SMILES string of the molecule is O=C(CS)Nc1nc(-c2ccc(Br)cc2)cs1. The molecule has 3 nitrogen and oxygen atoms in total. The molecule has 2 aromatic rings. The van der Waals surface area contributed by atoms with Crippen molar-refractivity contribution >= 4 is 50.9 Å². The van der Waals surface area contributed by atoms with Gasteiger partial charge in [0.15, 0.2) is 5.13 Å². The van der Waals surface area contributed by atoms with Crippen LogP contribution in [0.1, 0.15) is 0 Å². The summed E-state index contributed by atoms with van der Waals surface area (Å²) in [6, 6.07) is 7.87. The fourth-order valence-corrected chi connectivity index (χ4v) is 2.32. The Bertz CT molecular complexity index is 525. The van der Waals surface area contributed by atoms with E-state index in [1.165, 1.54) is 11.3 Å². The predicted molar refractivity (Wildman–Crippen MR) is 77.7 cm³/mol. The summed E-state index contributed by atoms with van der Waals surface area (Å²) < 4.78 is 1.03. The molecule has 17 heavy (non-hydrogen) atoms. The Kier molecular flexibility index (Phi) is 4.20. The van der Waals surface area contributed by atoms with Crippen LogP contribution >= 0.6 is 39.9 Å². The first-order valence-corrected chi connectivity index (χ1v) is 7.12. The third-order valence-electron chi connectivity index (χ3n) is 2.03. The fourth-order valence-electron chi connectivity index (χ4n) is 1.24. The van der Waals surface area contributed by atoms with Gasteiger partial charge in [0.2, 0.25) is 5.91 Å². The first-order chi connectivity index (χ1) is 8.19. The van der Waals surface area contributed by atoms with Crippen molar-refractivity contribution in [1.82, 2.24) is 4.98 Å². The van der Waals surface area contributed by atoms with E-state index < -0.39 is 0 Å². The van der Waals surface area contributed by atoms with Gasteiger partial charge in [-0.1, -0.05) is 28.1 Å². The molecule has 0 atom stereocenters. The fraction of sp³-hybridized carbons (Fsp3) is 0.0909. The first kappa shape index (κ1) is 12.6. The van der Waals surface area contributed by atoms with Crippen molar-refractivity contribution in [3.8, 4) is 11.3 Å². The monoisotopic (exact) mass is 328 g/mol. The van der Waals surface area contributed by atoms with Gasteiger partial charge in [-0.2, -0.15) is 12.6 Å². The molecule has 1 amide bonds. The molecule has 0 radical (unpaired) electrons. The normalized spacial score (nSPS) is 10.2. The molecule has 0 fully saturated rings. The minimum Gasteiger partial charge on any atom is -0.301 e. The Hall–Kier alpha value is -0.850. The van der Waals surface area contributed by atoms with Crippen LogP contribution in [0.25, 0.3) is 11.3 Å². The number of hydrogen-bond donors (Lipinski definition) is 2. The Labute approximate surface area is 117 Å². The number of hydrogen-bond acceptors (Lipinski definition) is 4. The van der Waals surface area contributed by atoms with Crippen molar-refractivity contribution in [3.63, 3.8) is 0 Å². The van der Waals surface area contributed by atoms with Gasteiger partial charge in [0.05, 0.1) is 11.4 Å². The average molecular weight is 329 g/mol. The second-order valence-electron chi connectivity index (χ2n) is 3.25. The molecule has 1 aromatic carbocycles. The molecule has 88 valence electrons. The zero-order valence-corrected chi connectivity index (χ0v) is 12.0. The molecule has 0 aliphatic rings. The highest BCUT2D eigenvalue weighted by Gasteiger charge is 2.06. The number of thiazole rings is 1. The maximum atomic E-state index is 11.1. The van der Waals surface area contributed by atoms with Gasteiger partial charge in [-0.05, 0) is 12.1 Å². The molecule has 0 aliphatic carbocycles. The van der Waals surface area contributed by atoms with Gasteiger partial charge < -0.3 is 5.32 Å². The van der Waals surface area contributed by atoms with E-state index in [4.69, 9.17) is 0 Å². The Morgan fingerprint density at radius 1 is 1.41 bits per heavy atom. The van der Waals surface area contributed by atoms with E-state index in [2.05, 4.69) is 38.9 Å². The van der Waals surface area contributed by atoms with Gasteiger partial charge in [-0.3, -0.25) is 4.79 Å². The lowest BCUT2D eigenvalue weighted by atomic mass is 10.2. The van der Waals surface area contributed by atoms with Crippen LogP contribution < -0.4 is 5.32 Å². The van der Waals surface area contributed by atoms with Gasteiger partial charge in [-0.25, -0.2) is 4.98 Å². The summed E-state index contributed by atoms with van der Waals surface area (Å²) in [5.41, 5.74) is 1.88. The smallest absolute Gasteiger partial charge is 0.235 e. The maximum Gasteiger partial charge on any atom is 0.235 e. The van der Waals surface area contributed by atoms with Gasteiger partial charge in [-0.15, -0.1) is 11.3 Å². The zero-order valence-electron chi connectivity index (χ0n) is 8.68. The summed E-state index contributed by atoms with van der Waals surface area (Å²) in [6.07, 6.45) is 0. The standard InChI is InChI=1S/C11H9BrN2OS2/c12-8-3-1-7(2-4-8)9-6-17-11(13-9)14-10(15)5-16/h1-4,6,16H,5H2,(H,13,14,15). The lowest BCUT2D eigenvalue weighted by Gasteiger charge is -1.97. The van der Waals surface area contributed by atoms with E-state index in [0.29, 0.717) is 5.13 Å². The zero-order chi connectivity index (χ0) is 12.3. The van der Waals surface area contributed by atoms with E-state index >= 15 is 0 Å². The van der Waals surface area contributed by atoms with Crippen molar-refractivity contribution in [1.29, 1.82) is 0 Å². The van der Waals surface area contributed by atoms with Crippen LogP contribution in [0.5, 0.6) is 0 Å². The number of rotatable bonds is 3. The van der Waals surface area contributed by atoms with Crippen molar-refractivity contribution in [3.05, 3.63) is 34.1 Å². The molecule has 0 bridgehead atoms. The summed E-state index contributed by atoms with van der Waals surface area (Å²) in [6.45, 7) is 0. The number of thiol groups is 1. The van der Waals surface area contributed by atoms with E-state index in [1.807, 2.05) is 29.6 Å². The van der Waals surface area contributed by atoms with Crippen molar-refractivity contribution in [2.75, 3.05) is 11.1 Å². The van der Waals surface area contributed by atoms with Crippen molar-refractivity contribution in [2.24, 2.45) is 0 Å². The maximum absolute atomic E-state index is 11.1. The molecule has 0 saturated carbocycles. The molecule has 2 rings (SSSR count). The number of amides is 1. The van der Waals surface area contributed by atoms with Crippen molar-refractivity contribution in [2.45, 2.75) is 0 Å². The van der Waals surface area contributed by atoms with E-state index in [0.717, 1.165) is 15.7 Å². The van der Waals surface area contributed by atoms with Crippen LogP contribution in [0.2, 0.25) is 0 Å². The molecule has 6 heteroatoms. The summed E-state index contributed by atoms with van der Waals surface area (Å²) in [5, 5.41) is 5.19.